The van der Waals surface area contributed by atoms with E-state index in [4.69, 9.17) is 0 Å². The first-order valence-corrected chi connectivity index (χ1v) is 11.4. The van der Waals surface area contributed by atoms with Gasteiger partial charge >= 0.3 is 0 Å². The number of fused-ring (bicyclic) bond motifs is 1. The lowest BCUT2D eigenvalue weighted by atomic mass is 10.1. The van der Waals surface area contributed by atoms with E-state index in [1.807, 2.05) is 4.90 Å². The predicted molar refractivity (Wildman–Crippen MR) is 109 cm³/mol. The normalized spacial score (nSPS) is 20.3. The topological polar surface area (TPSA) is 111 Å². The molecule has 29 heavy (non-hydrogen) atoms. The van der Waals surface area contributed by atoms with Crippen LogP contribution in [-0.4, -0.2) is 48.9 Å². The van der Waals surface area contributed by atoms with Gasteiger partial charge in [-0.15, -0.1) is 11.3 Å². The molecule has 0 aliphatic carbocycles. The van der Waals surface area contributed by atoms with Crippen LogP contribution in [-0.2, 0) is 15.6 Å². The smallest absolute Gasteiger partial charge is 0.255 e. The molecule has 1 saturated heterocycles. The molecule has 0 amide bonds. The van der Waals surface area contributed by atoms with Gasteiger partial charge in [-0.1, -0.05) is 0 Å². The van der Waals surface area contributed by atoms with Crippen LogP contribution in [0.15, 0.2) is 45.5 Å². The quantitative estimate of drug-likeness (QED) is 0.571. The van der Waals surface area contributed by atoms with Crippen molar-refractivity contribution in [1.82, 2.24) is 4.98 Å². The maximum absolute atomic E-state index is 14.4. The summed E-state index contributed by atoms with van der Waals surface area (Å²) in [6.07, 6.45) is 0.117. The van der Waals surface area contributed by atoms with Gasteiger partial charge in [-0.3, -0.25) is 4.79 Å². The minimum Gasteiger partial charge on any atom is -0.390 e. The lowest BCUT2D eigenvalue weighted by molar-refractivity contribution is 0.00816. The molecule has 0 spiro atoms. The number of rotatable bonds is 4. The van der Waals surface area contributed by atoms with Crippen molar-refractivity contribution in [2.45, 2.75) is 28.6 Å². The maximum Gasteiger partial charge on any atom is 0.255 e. The predicted octanol–water partition coefficient (Wildman–Crippen LogP) is 1.63. The summed E-state index contributed by atoms with van der Waals surface area (Å²) in [5.41, 5.74) is -0.480. The number of hydrogen-bond acceptors (Lipinski definition) is 7. The fraction of sp³-hybridized carbons (Fsp3) is 0.316. The van der Waals surface area contributed by atoms with E-state index < -0.39 is 39.2 Å². The molecular formula is C19H19FN2O5S2. The first-order chi connectivity index (χ1) is 13.7. The molecule has 1 fully saturated rings. The average Bonchev–Trinajstić information content (AvgIpc) is 3.16. The number of thiophene rings is 1. The molecule has 3 heterocycles. The Morgan fingerprint density at radius 2 is 2.00 bits per heavy atom. The summed E-state index contributed by atoms with van der Waals surface area (Å²) >= 11 is 1.04. The van der Waals surface area contributed by atoms with E-state index in [9.17, 15) is 27.8 Å². The summed E-state index contributed by atoms with van der Waals surface area (Å²) in [6, 6.07) is 7.09. The molecule has 0 bridgehead atoms. The van der Waals surface area contributed by atoms with E-state index in [2.05, 4.69) is 4.98 Å². The molecule has 0 radical (unpaired) electrons. The van der Waals surface area contributed by atoms with Gasteiger partial charge in [-0.05, 0) is 42.1 Å². The summed E-state index contributed by atoms with van der Waals surface area (Å²) in [4.78, 5) is 16.2. The fourth-order valence-electron chi connectivity index (χ4n) is 3.41. The highest BCUT2D eigenvalue weighted by Crippen LogP contribution is 2.33. The SMILES string of the molecule is O=c1[nH]ccc2cc(F)c(CS(=O)(=O)c3ccc(N4CCC(O)C(O)C4)s3)cc12. The number of pyridine rings is 1. The second-order valence-electron chi connectivity index (χ2n) is 7.06. The van der Waals surface area contributed by atoms with Gasteiger partial charge in [0.2, 0.25) is 0 Å². The highest BCUT2D eigenvalue weighted by Gasteiger charge is 2.28. The molecular weight excluding hydrogens is 419 g/mol. The molecule has 1 aromatic carbocycles. The van der Waals surface area contributed by atoms with Gasteiger partial charge in [-0.2, -0.15) is 0 Å². The molecule has 2 atom stereocenters. The summed E-state index contributed by atoms with van der Waals surface area (Å²) < 4.78 is 40.2. The minimum absolute atomic E-state index is 0.0688. The first kappa shape index (κ1) is 20.0. The van der Waals surface area contributed by atoms with Crippen molar-refractivity contribution in [2.24, 2.45) is 0 Å². The van der Waals surface area contributed by atoms with Crippen LogP contribution in [0.2, 0.25) is 0 Å². The summed E-state index contributed by atoms with van der Waals surface area (Å²) in [5, 5.41) is 20.8. The number of sulfone groups is 1. The molecule has 0 saturated carbocycles. The number of nitrogens with one attached hydrogen (secondary N) is 1. The van der Waals surface area contributed by atoms with Crippen LogP contribution in [0.1, 0.15) is 12.0 Å². The maximum atomic E-state index is 14.4. The van der Waals surface area contributed by atoms with Crippen LogP contribution < -0.4 is 10.5 Å². The Labute approximate surface area is 170 Å². The van der Waals surface area contributed by atoms with Crippen LogP contribution in [0.4, 0.5) is 9.39 Å². The molecule has 154 valence electrons. The minimum atomic E-state index is -3.83. The summed E-state index contributed by atoms with van der Waals surface area (Å²) in [6.45, 7) is 0.712. The summed E-state index contributed by atoms with van der Waals surface area (Å²) in [5.74, 6) is -1.25. The molecule has 4 rings (SSSR count). The number of aromatic nitrogens is 1. The van der Waals surface area contributed by atoms with Gasteiger partial charge in [0.15, 0.2) is 9.84 Å². The Hall–Kier alpha value is -2.27. The first-order valence-electron chi connectivity index (χ1n) is 8.98. The van der Waals surface area contributed by atoms with Crippen molar-refractivity contribution in [3.05, 3.63) is 58.3 Å². The number of H-pyrrole nitrogens is 1. The molecule has 2 aromatic heterocycles. The third-order valence-corrected chi connectivity index (χ3v) is 8.41. The van der Waals surface area contributed by atoms with E-state index in [-0.39, 0.29) is 21.7 Å². The number of anilines is 1. The number of halogens is 1. The van der Waals surface area contributed by atoms with Gasteiger partial charge in [0, 0.05) is 30.2 Å². The van der Waals surface area contributed by atoms with Crippen LogP contribution >= 0.6 is 11.3 Å². The van der Waals surface area contributed by atoms with E-state index >= 15 is 0 Å². The van der Waals surface area contributed by atoms with E-state index in [0.29, 0.717) is 23.4 Å². The number of piperidine rings is 1. The third kappa shape index (κ3) is 3.93. The Morgan fingerprint density at radius 1 is 1.21 bits per heavy atom. The fourth-order valence-corrected chi connectivity index (χ4v) is 6.17. The van der Waals surface area contributed by atoms with E-state index in [1.54, 1.807) is 12.1 Å². The van der Waals surface area contributed by atoms with Crippen LogP contribution in [0.5, 0.6) is 0 Å². The van der Waals surface area contributed by atoms with Crippen molar-refractivity contribution in [3.8, 4) is 0 Å². The zero-order valence-electron chi connectivity index (χ0n) is 15.2. The van der Waals surface area contributed by atoms with Gasteiger partial charge in [0.05, 0.1) is 23.0 Å². The number of β-amino-alcohol motifs (C(OH)–C–C–N with tert-alkyl or cyclic N) is 1. The number of aromatic amines is 1. The molecule has 1 aliphatic heterocycles. The summed E-state index contributed by atoms with van der Waals surface area (Å²) in [7, 11) is -3.83. The standard InChI is InChI=1S/C19H19FN2O5S2/c20-14-8-11-3-5-21-19(25)13(11)7-12(14)10-29(26,27)18-2-1-17(28-18)22-6-4-15(23)16(24)9-22/h1-3,5,7-8,15-16,23-24H,4,6,9-10H2,(H,21,25). The average molecular weight is 439 g/mol. The van der Waals surface area contributed by atoms with E-state index in [0.717, 1.165) is 17.4 Å². The second-order valence-corrected chi connectivity index (χ2v) is 10.3. The number of hydrogen-bond donors (Lipinski definition) is 3. The second kappa shape index (κ2) is 7.52. The van der Waals surface area contributed by atoms with Gasteiger partial charge in [-0.25, -0.2) is 12.8 Å². The molecule has 10 heteroatoms. The lowest BCUT2D eigenvalue weighted by Gasteiger charge is -2.33. The van der Waals surface area contributed by atoms with Gasteiger partial charge < -0.3 is 20.1 Å². The third-order valence-electron chi connectivity index (χ3n) is 5.02. The highest BCUT2D eigenvalue weighted by atomic mass is 32.2. The Kier molecular flexibility index (Phi) is 5.19. The number of aliphatic hydroxyl groups is 2. The van der Waals surface area contributed by atoms with Crippen LogP contribution in [0, 0.1) is 5.82 Å². The molecule has 3 aromatic rings. The Bertz CT molecular complexity index is 1220. The monoisotopic (exact) mass is 438 g/mol. The van der Waals surface area contributed by atoms with Crippen molar-refractivity contribution in [3.63, 3.8) is 0 Å². The van der Waals surface area contributed by atoms with Crippen molar-refractivity contribution < 1.29 is 23.0 Å². The zero-order valence-corrected chi connectivity index (χ0v) is 16.8. The number of aliphatic hydroxyl groups excluding tert-OH is 2. The molecule has 3 N–H and O–H groups in total. The Morgan fingerprint density at radius 3 is 2.76 bits per heavy atom. The highest BCUT2D eigenvalue weighted by molar-refractivity contribution is 7.92. The zero-order chi connectivity index (χ0) is 20.8. The van der Waals surface area contributed by atoms with Crippen molar-refractivity contribution in [1.29, 1.82) is 0 Å². The van der Waals surface area contributed by atoms with Crippen molar-refractivity contribution >= 4 is 36.9 Å². The van der Waals surface area contributed by atoms with Crippen LogP contribution in [0.3, 0.4) is 0 Å². The van der Waals surface area contributed by atoms with Gasteiger partial charge in [0.1, 0.15) is 10.0 Å². The van der Waals surface area contributed by atoms with Gasteiger partial charge in [0.25, 0.3) is 5.56 Å². The largest absolute Gasteiger partial charge is 0.390 e. The van der Waals surface area contributed by atoms with Crippen molar-refractivity contribution in [2.75, 3.05) is 18.0 Å². The Balaban J connectivity index is 1.61. The number of nitrogens with zero attached hydrogens (tertiary/aromatic N) is 1. The molecule has 7 nitrogen and oxygen atoms in total. The molecule has 1 aliphatic rings. The lowest BCUT2D eigenvalue weighted by Crippen LogP contribution is -2.46. The molecule has 2 unspecified atom stereocenters. The number of benzene rings is 1. The van der Waals surface area contributed by atoms with E-state index in [1.165, 1.54) is 18.3 Å². The van der Waals surface area contributed by atoms with Crippen LogP contribution in [0.25, 0.3) is 10.8 Å².